The first-order chi connectivity index (χ1) is 6.95. The molecule has 0 radical (unpaired) electrons. The van der Waals surface area contributed by atoms with Crippen molar-refractivity contribution in [1.29, 1.82) is 0 Å². The minimum Gasteiger partial charge on any atom is -0.469 e. The van der Waals surface area contributed by atoms with Gasteiger partial charge in [0.2, 0.25) is 0 Å². The maximum atomic E-state index is 5.38. The van der Waals surface area contributed by atoms with E-state index < -0.39 is 0 Å². The molecule has 0 bridgehead atoms. The third kappa shape index (κ3) is 3.38. The van der Waals surface area contributed by atoms with E-state index in [2.05, 4.69) is 39.1 Å². The number of rotatable bonds is 4. The van der Waals surface area contributed by atoms with Crippen molar-refractivity contribution < 1.29 is 4.42 Å². The van der Waals surface area contributed by atoms with Gasteiger partial charge in [0, 0.05) is 11.6 Å². The molecule has 1 unspecified atom stereocenters. The number of hydrogen-bond acceptors (Lipinski definition) is 2. The van der Waals surface area contributed by atoms with Gasteiger partial charge in [-0.15, -0.1) is 0 Å². The lowest BCUT2D eigenvalue weighted by Crippen LogP contribution is -2.32. The van der Waals surface area contributed by atoms with E-state index in [4.69, 9.17) is 4.42 Å². The van der Waals surface area contributed by atoms with E-state index >= 15 is 0 Å². The van der Waals surface area contributed by atoms with E-state index in [9.17, 15) is 0 Å². The van der Waals surface area contributed by atoms with Crippen LogP contribution in [0.3, 0.4) is 0 Å². The van der Waals surface area contributed by atoms with E-state index in [1.807, 2.05) is 13.2 Å². The molecule has 1 heterocycles. The molecule has 1 atom stereocenters. The average Bonchev–Trinajstić information content (AvgIpc) is 2.50. The van der Waals surface area contributed by atoms with Gasteiger partial charge in [-0.2, -0.15) is 0 Å². The molecule has 1 N–H and O–H groups in total. The van der Waals surface area contributed by atoms with Gasteiger partial charge in [-0.25, -0.2) is 0 Å². The van der Waals surface area contributed by atoms with Gasteiger partial charge < -0.3 is 9.73 Å². The lowest BCUT2D eigenvalue weighted by molar-refractivity contribution is 0.272. The van der Waals surface area contributed by atoms with Crippen LogP contribution in [0.4, 0.5) is 0 Å². The fraction of sp³-hybridized carbons (Fsp3) is 0.692. The van der Waals surface area contributed by atoms with E-state index in [1.165, 1.54) is 5.56 Å². The fourth-order valence-corrected chi connectivity index (χ4v) is 1.83. The Kier molecular flexibility index (Phi) is 3.97. The molecule has 0 aromatic carbocycles. The molecule has 86 valence electrons. The predicted molar refractivity (Wildman–Crippen MR) is 63.9 cm³/mol. The van der Waals surface area contributed by atoms with Crippen LogP contribution in [0.25, 0.3) is 0 Å². The van der Waals surface area contributed by atoms with Gasteiger partial charge in [0.15, 0.2) is 0 Å². The Morgan fingerprint density at radius 3 is 2.47 bits per heavy atom. The molecule has 15 heavy (non-hydrogen) atoms. The van der Waals surface area contributed by atoms with Crippen molar-refractivity contribution >= 4 is 0 Å². The minimum atomic E-state index is 0.214. The summed E-state index contributed by atoms with van der Waals surface area (Å²) in [4.78, 5) is 0. The summed E-state index contributed by atoms with van der Waals surface area (Å²) in [5.41, 5.74) is 1.47. The molecule has 1 aromatic rings. The van der Waals surface area contributed by atoms with Crippen LogP contribution in [0.15, 0.2) is 16.7 Å². The SMILES string of the molecule is CCCNC(c1coc(C)c1)C(C)(C)C. The Bertz CT molecular complexity index is 296. The van der Waals surface area contributed by atoms with Crippen molar-refractivity contribution in [3.8, 4) is 0 Å². The zero-order valence-electron chi connectivity index (χ0n) is 10.6. The molecule has 2 nitrogen and oxygen atoms in total. The quantitative estimate of drug-likeness (QED) is 0.818. The fourth-order valence-electron chi connectivity index (χ4n) is 1.83. The summed E-state index contributed by atoms with van der Waals surface area (Å²) in [6.45, 7) is 12.0. The zero-order chi connectivity index (χ0) is 11.5. The standard InChI is InChI=1S/C13H23NO/c1-6-7-14-12(13(3,4)5)11-8-10(2)15-9-11/h8-9,12,14H,6-7H2,1-5H3. The monoisotopic (exact) mass is 209 g/mol. The summed E-state index contributed by atoms with van der Waals surface area (Å²) in [6.07, 6.45) is 3.03. The molecule has 1 aromatic heterocycles. The van der Waals surface area contributed by atoms with Crippen LogP contribution in [-0.4, -0.2) is 6.54 Å². The minimum absolute atomic E-state index is 0.214. The Balaban J connectivity index is 2.81. The van der Waals surface area contributed by atoms with Gasteiger partial charge in [0.1, 0.15) is 5.76 Å². The second-order valence-corrected chi connectivity index (χ2v) is 5.24. The van der Waals surface area contributed by atoms with Crippen molar-refractivity contribution in [1.82, 2.24) is 5.32 Å². The Morgan fingerprint density at radius 1 is 1.40 bits per heavy atom. The third-order valence-corrected chi connectivity index (χ3v) is 2.55. The van der Waals surface area contributed by atoms with Crippen LogP contribution in [0.2, 0.25) is 0 Å². The topological polar surface area (TPSA) is 25.2 Å². The maximum absolute atomic E-state index is 5.38. The largest absolute Gasteiger partial charge is 0.469 e. The maximum Gasteiger partial charge on any atom is 0.101 e. The molecule has 2 heteroatoms. The van der Waals surface area contributed by atoms with Crippen LogP contribution >= 0.6 is 0 Å². The van der Waals surface area contributed by atoms with Gasteiger partial charge >= 0.3 is 0 Å². The Labute approximate surface area is 93.1 Å². The molecule has 0 aliphatic rings. The molecule has 0 saturated heterocycles. The molecule has 0 spiro atoms. The zero-order valence-corrected chi connectivity index (χ0v) is 10.6. The summed E-state index contributed by atoms with van der Waals surface area (Å²) in [7, 11) is 0. The molecular formula is C13H23NO. The highest BCUT2D eigenvalue weighted by molar-refractivity contribution is 5.18. The summed E-state index contributed by atoms with van der Waals surface area (Å²) < 4.78 is 5.38. The van der Waals surface area contributed by atoms with Crippen molar-refractivity contribution in [3.05, 3.63) is 23.7 Å². The normalized spacial score (nSPS) is 14.2. The van der Waals surface area contributed by atoms with Crippen molar-refractivity contribution in [2.75, 3.05) is 6.54 Å². The number of aryl methyl sites for hydroxylation is 1. The first-order valence-electron chi connectivity index (χ1n) is 5.73. The Morgan fingerprint density at radius 2 is 2.07 bits per heavy atom. The van der Waals surface area contributed by atoms with Crippen LogP contribution in [0, 0.1) is 12.3 Å². The second kappa shape index (κ2) is 4.84. The lowest BCUT2D eigenvalue weighted by Gasteiger charge is -2.30. The molecule has 0 aliphatic heterocycles. The van der Waals surface area contributed by atoms with Crippen molar-refractivity contribution in [2.45, 2.75) is 47.1 Å². The summed E-state index contributed by atoms with van der Waals surface area (Å²) in [6, 6.07) is 2.49. The van der Waals surface area contributed by atoms with Gasteiger partial charge in [-0.05, 0) is 31.4 Å². The van der Waals surface area contributed by atoms with E-state index in [0.29, 0.717) is 6.04 Å². The number of furan rings is 1. The van der Waals surface area contributed by atoms with Crippen LogP contribution in [-0.2, 0) is 0 Å². The van der Waals surface area contributed by atoms with E-state index in [0.717, 1.165) is 18.7 Å². The van der Waals surface area contributed by atoms with Crippen molar-refractivity contribution in [2.24, 2.45) is 5.41 Å². The molecule has 0 saturated carbocycles. The second-order valence-electron chi connectivity index (χ2n) is 5.24. The third-order valence-electron chi connectivity index (χ3n) is 2.55. The first kappa shape index (κ1) is 12.3. The van der Waals surface area contributed by atoms with Crippen LogP contribution in [0.1, 0.15) is 51.5 Å². The van der Waals surface area contributed by atoms with Crippen LogP contribution in [0.5, 0.6) is 0 Å². The average molecular weight is 209 g/mol. The van der Waals surface area contributed by atoms with Gasteiger partial charge in [-0.1, -0.05) is 27.7 Å². The molecule has 0 fully saturated rings. The molecule has 0 aliphatic carbocycles. The highest BCUT2D eigenvalue weighted by Crippen LogP contribution is 2.33. The summed E-state index contributed by atoms with van der Waals surface area (Å²) in [5.74, 6) is 0.984. The van der Waals surface area contributed by atoms with E-state index in [1.54, 1.807) is 0 Å². The highest BCUT2D eigenvalue weighted by Gasteiger charge is 2.26. The first-order valence-corrected chi connectivity index (χ1v) is 5.73. The molecular weight excluding hydrogens is 186 g/mol. The van der Waals surface area contributed by atoms with E-state index in [-0.39, 0.29) is 5.41 Å². The van der Waals surface area contributed by atoms with Crippen molar-refractivity contribution in [3.63, 3.8) is 0 Å². The smallest absolute Gasteiger partial charge is 0.101 e. The molecule has 1 rings (SSSR count). The summed E-state index contributed by atoms with van der Waals surface area (Å²) in [5, 5.41) is 3.58. The lowest BCUT2D eigenvalue weighted by atomic mass is 9.83. The van der Waals surface area contributed by atoms with Crippen LogP contribution < -0.4 is 5.32 Å². The Hall–Kier alpha value is -0.760. The number of nitrogens with one attached hydrogen (secondary N) is 1. The summed E-state index contributed by atoms with van der Waals surface area (Å²) >= 11 is 0. The highest BCUT2D eigenvalue weighted by atomic mass is 16.3. The van der Waals surface area contributed by atoms with Gasteiger partial charge in [0.25, 0.3) is 0 Å². The molecule has 0 amide bonds. The number of hydrogen-bond donors (Lipinski definition) is 1. The van der Waals surface area contributed by atoms with Gasteiger partial charge in [0.05, 0.1) is 6.26 Å². The van der Waals surface area contributed by atoms with Gasteiger partial charge in [-0.3, -0.25) is 0 Å². The predicted octanol–water partition coefficient (Wildman–Crippen LogP) is 3.67.